The summed E-state index contributed by atoms with van der Waals surface area (Å²) < 4.78 is 1.70. The van der Waals surface area contributed by atoms with Crippen LogP contribution in [0, 0.1) is 0 Å². The van der Waals surface area contributed by atoms with Gasteiger partial charge in [-0.1, -0.05) is 18.2 Å². The Bertz CT molecular complexity index is 504. The van der Waals surface area contributed by atoms with Gasteiger partial charge in [-0.15, -0.1) is 11.6 Å². The van der Waals surface area contributed by atoms with E-state index in [9.17, 15) is 4.79 Å². The molecule has 2 rings (SSSR count). The van der Waals surface area contributed by atoms with Crippen LogP contribution in [0.15, 0.2) is 41.2 Å². The number of halogens is 1. The fourth-order valence-corrected chi connectivity index (χ4v) is 1.73. The minimum Gasteiger partial charge on any atom is -0.307 e. The first kappa shape index (κ1) is 9.28. The van der Waals surface area contributed by atoms with E-state index in [0.717, 1.165) is 10.9 Å². The molecule has 0 aliphatic rings. The molecule has 0 radical (unpaired) electrons. The average Bonchev–Trinajstić information content (AvgIpc) is 2.23. The van der Waals surface area contributed by atoms with Crippen molar-refractivity contribution in [1.29, 1.82) is 0 Å². The van der Waals surface area contributed by atoms with E-state index in [1.165, 1.54) is 0 Å². The Hall–Kier alpha value is -1.28. The first-order valence-corrected chi connectivity index (χ1v) is 5.01. The number of hydrogen-bond donors (Lipinski definition) is 0. The molecule has 0 bridgehead atoms. The Balaban J connectivity index is 2.76. The highest BCUT2D eigenvalue weighted by molar-refractivity contribution is 6.17. The van der Waals surface area contributed by atoms with Crippen LogP contribution in [-0.4, -0.2) is 10.4 Å². The van der Waals surface area contributed by atoms with Gasteiger partial charge in [0.15, 0.2) is 0 Å². The maximum Gasteiger partial charge on any atom is 0.251 e. The molecule has 0 atom stereocenters. The van der Waals surface area contributed by atoms with Gasteiger partial charge in [-0.05, 0) is 17.5 Å². The normalized spacial score (nSPS) is 10.6. The van der Waals surface area contributed by atoms with Gasteiger partial charge in [0.1, 0.15) is 0 Å². The van der Waals surface area contributed by atoms with E-state index in [2.05, 4.69) is 0 Å². The van der Waals surface area contributed by atoms with Crippen molar-refractivity contribution in [3.8, 4) is 0 Å². The van der Waals surface area contributed by atoms with Crippen molar-refractivity contribution in [1.82, 2.24) is 4.57 Å². The lowest BCUT2D eigenvalue weighted by atomic mass is 10.2. The number of para-hydroxylation sites is 1. The second kappa shape index (κ2) is 3.84. The van der Waals surface area contributed by atoms with Crippen LogP contribution in [-0.2, 0) is 6.54 Å². The van der Waals surface area contributed by atoms with Gasteiger partial charge in [0.25, 0.3) is 5.56 Å². The Labute approximate surface area is 86.7 Å². The van der Waals surface area contributed by atoms with Gasteiger partial charge in [-0.25, -0.2) is 0 Å². The van der Waals surface area contributed by atoms with Gasteiger partial charge in [0, 0.05) is 18.5 Å². The van der Waals surface area contributed by atoms with E-state index < -0.39 is 0 Å². The topological polar surface area (TPSA) is 22.0 Å². The summed E-state index contributed by atoms with van der Waals surface area (Å²) in [5.74, 6) is 0.452. The van der Waals surface area contributed by atoms with E-state index in [0.29, 0.717) is 12.4 Å². The minimum atomic E-state index is 0.00403. The number of alkyl halides is 1. The zero-order chi connectivity index (χ0) is 9.97. The highest BCUT2D eigenvalue weighted by Gasteiger charge is 2.00. The summed E-state index contributed by atoms with van der Waals surface area (Å²) in [6, 6.07) is 11.2. The largest absolute Gasteiger partial charge is 0.307 e. The second-order valence-electron chi connectivity index (χ2n) is 3.07. The van der Waals surface area contributed by atoms with Crippen LogP contribution >= 0.6 is 11.6 Å². The number of aromatic nitrogens is 1. The summed E-state index contributed by atoms with van der Waals surface area (Å²) in [7, 11) is 0. The maximum atomic E-state index is 11.5. The molecule has 0 amide bonds. The molecule has 14 heavy (non-hydrogen) atoms. The van der Waals surface area contributed by atoms with Gasteiger partial charge in [0.2, 0.25) is 0 Å². The summed E-state index contributed by atoms with van der Waals surface area (Å²) in [6.07, 6.45) is 0. The molecule has 0 N–H and O–H groups in total. The molecule has 0 saturated carbocycles. The van der Waals surface area contributed by atoms with E-state index >= 15 is 0 Å². The highest BCUT2D eigenvalue weighted by atomic mass is 35.5. The maximum absolute atomic E-state index is 11.5. The average molecular weight is 208 g/mol. The zero-order valence-electron chi connectivity index (χ0n) is 7.61. The van der Waals surface area contributed by atoms with Gasteiger partial charge >= 0.3 is 0 Å². The Morgan fingerprint density at radius 2 is 1.93 bits per heavy atom. The van der Waals surface area contributed by atoms with Crippen molar-refractivity contribution >= 4 is 22.5 Å². The lowest BCUT2D eigenvalue weighted by molar-refractivity contribution is 0.765. The molecule has 1 aromatic carbocycles. The fraction of sp³-hybridized carbons (Fsp3) is 0.182. The molecule has 0 aliphatic carbocycles. The molecule has 72 valence electrons. The summed E-state index contributed by atoms with van der Waals surface area (Å²) in [5, 5.41) is 1.07. The second-order valence-corrected chi connectivity index (χ2v) is 3.45. The quantitative estimate of drug-likeness (QED) is 0.693. The number of hydrogen-bond acceptors (Lipinski definition) is 1. The molecule has 1 aromatic heterocycles. The SMILES string of the molecule is O=c1ccc2ccccc2n1CCCl. The van der Waals surface area contributed by atoms with Crippen molar-refractivity contribution in [2.75, 3.05) is 5.88 Å². The summed E-state index contributed by atoms with van der Waals surface area (Å²) in [5.41, 5.74) is 0.949. The number of pyridine rings is 1. The number of rotatable bonds is 2. The Morgan fingerprint density at radius 3 is 2.71 bits per heavy atom. The van der Waals surface area contributed by atoms with Crippen molar-refractivity contribution < 1.29 is 0 Å². The predicted octanol–water partition coefficient (Wildman–Crippen LogP) is 2.24. The molecule has 0 aliphatic heterocycles. The molecule has 1 heterocycles. The van der Waals surface area contributed by atoms with Crippen molar-refractivity contribution in [3.63, 3.8) is 0 Å². The smallest absolute Gasteiger partial charge is 0.251 e. The molecule has 0 saturated heterocycles. The Kier molecular flexibility index (Phi) is 2.55. The van der Waals surface area contributed by atoms with Crippen molar-refractivity contribution in [3.05, 3.63) is 46.8 Å². The molecular formula is C11H10ClNO. The van der Waals surface area contributed by atoms with Crippen LogP contribution < -0.4 is 5.56 Å². The molecule has 0 spiro atoms. The lowest BCUT2D eigenvalue weighted by Crippen LogP contribution is -2.19. The third kappa shape index (κ3) is 1.53. The van der Waals surface area contributed by atoms with Gasteiger partial charge in [0.05, 0.1) is 5.52 Å². The standard InChI is InChI=1S/C11H10ClNO/c12-7-8-13-10-4-2-1-3-9(10)5-6-11(13)14/h1-6H,7-8H2. The number of nitrogens with zero attached hydrogens (tertiary/aromatic N) is 1. The van der Waals surface area contributed by atoms with E-state index in [1.54, 1.807) is 10.6 Å². The first-order valence-electron chi connectivity index (χ1n) is 4.47. The van der Waals surface area contributed by atoms with Crippen LogP contribution in [0.3, 0.4) is 0 Å². The van der Waals surface area contributed by atoms with Gasteiger partial charge < -0.3 is 4.57 Å². The summed E-state index contributed by atoms with van der Waals surface area (Å²) >= 11 is 5.65. The van der Waals surface area contributed by atoms with Crippen LogP contribution in [0.2, 0.25) is 0 Å². The third-order valence-corrected chi connectivity index (χ3v) is 2.38. The molecule has 0 fully saturated rings. The van der Waals surface area contributed by atoms with E-state index in [1.807, 2.05) is 30.3 Å². The van der Waals surface area contributed by atoms with Crippen molar-refractivity contribution in [2.45, 2.75) is 6.54 Å². The first-order chi connectivity index (χ1) is 6.83. The number of aryl methyl sites for hydroxylation is 1. The van der Waals surface area contributed by atoms with Crippen LogP contribution in [0.5, 0.6) is 0 Å². The predicted molar refractivity (Wildman–Crippen MR) is 58.9 cm³/mol. The molecule has 0 unspecified atom stereocenters. The number of fused-ring (bicyclic) bond motifs is 1. The van der Waals surface area contributed by atoms with E-state index in [-0.39, 0.29) is 5.56 Å². The van der Waals surface area contributed by atoms with Gasteiger partial charge in [-0.2, -0.15) is 0 Å². The van der Waals surface area contributed by atoms with Crippen LogP contribution in [0.1, 0.15) is 0 Å². The Morgan fingerprint density at radius 1 is 1.14 bits per heavy atom. The van der Waals surface area contributed by atoms with E-state index in [4.69, 9.17) is 11.6 Å². The molecule has 2 nitrogen and oxygen atoms in total. The fourth-order valence-electron chi connectivity index (χ4n) is 1.56. The summed E-state index contributed by atoms with van der Waals surface area (Å²) in [6.45, 7) is 0.557. The minimum absolute atomic E-state index is 0.00403. The third-order valence-electron chi connectivity index (χ3n) is 2.21. The summed E-state index contributed by atoms with van der Waals surface area (Å²) in [4.78, 5) is 11.5. The monoisotopic (exact) mass is 207 g/mol. The van der Waals surface area contributed by atoms with Crippen LogP contribution in [0.4, 0.5) is 0 Å². The number of benzene rings is 1. The molecule has 2 aromatic rings. The lowest BCUT2D eigenvalue weighted by Gasteiger charge is -2.07. The van der Waals surface area contributed by atoms with Crippen LogP contribution in [0.25, 0.3) is 10.9 Å². The molecule has 3 heteroatoms. The van der Waals surface area contributed by atoms with Gasteiger partial charge in [-0.3, -0.25) is 4.79 Å². The van der Waals surface area contributed by atoms with Crippen molar-refractivity contribution in [2.24, 2.45) is 0 Å². The zero-order valence-corrected chi connectivity index (χ0v) is 8.37. The highest BCUT2D eigenvalue weighted by Crippen LogP contribution is 2.10. The molecular weight excluding hydrogens is 198 g/mol.